The Morgan fingerprint density at radius 2 is 1.96 bits per heavy atom. The molecule has 0 saturated carbocycles. The number of fused-ring (bicyclic) bond motifs is 1. The van der Waals surface area contributed by atoms with Gasteiger partial charge in [-0.1, -0.05) is 30.3 Å². The van der Waals surface area contributed by atoms with Gasteiger partial charge in [0.2, 0.25) is 11.8 Å². The lowest BCUT2D eigenvalue weighted by Gasteiger charge is -2.43. The van der Waals surface area contributed by atoms with Gasteiger partial charge in [-0.2, -0.15) is 0 Å². The van der Waals surface area contributed by atoms with Crippen molar-refractivity contribution >= 4 is 29.5 Å². The lowest BCUT2D eigenvalue weighted by Crippen LogP contribution is -2.70. The van der Waals surface area contributed by atoms with Crippen LogP contribution in [0.4, 0.5) is 0 Å². The molecule has 3 atom stereocenters. The predicted molar refractivity (Wildman–Crippen MR) is 90.2 cm³/mol. The SMILES string of the molecule is COC(=O)C1N2C(=O)C(NC(=O)Cc3ccccc3)C2SC1(C)C. The van der Waals surface area contributed by atoms with Gasteiger partial charge in [-0.15, -0.1) is 11.8 Å². The number of carbonyl (C=O) groups excluding carboxylic acids is 3. The van der Waals surface area contributed by atoms with Gasteiger partial charge < -0.3 is 15.0 Å². The first-order valence-electron chi connectivity index (χ1n) is 7.76. The molecule has 24 heavy (non-hydrogen) atoms. The summed E-state index contributed by atoms with van der Waals surface area (Å²) in [5.41, 5.74) is 0.894. The number of ether oxygens (including phenoxy) is 1. The number of esters is 1. The van der Waals surface area contributed by atoms with Crippen LogP contribution in [0.3, 0.4) is 0 Å². The van der Waals surface area contributed by atoms with Crippen LogP contribution < -0.4 is 5.32 Å². The summed E-state index contributed by atoms with van der Waals surface area (Å²) < 4.78 is 4.38. The summed E-state index contributed by atoms with van der Waals surface area (Å²) in [6, 6.07) is 8.17. The van der Waals surface area contributed by atoms with E-state index < -0.39 is 22.8 Å². The van der Waals surface area contributed by atoms with Crippen LogP contribution in [0.25, 0.3) is 0 Å². The average molecular weight is 348 g/mol. The minimum Gasteiger partial charge on any atom is -0.467 e. The zero-order valence-electron chi connectivity index (χ0n) is 13.8. The molecule has 2 heterocycles. The molecule has 0 aromatic heterocycles. The molecule has 128 valence electrons. The van der Waals surface area contributed by atoms with Crippen LogP contribution in [0, 0.1) is 0 Å². The highest BCUT2D eigenvalue weighted by molar-refractivity contribution is 8.01. The van der Waals surface area contributed by atoms with Gasteiger partial charge in [-0.25, -0.2) is 4.79 Å². The normalized spacial score (nSPS) is 27.2. The van der Waals surface area contributed by atoms with Crippen molar-refractivity contribution in [3.05, 3.63) is 35.9 Å². The summed E-state index contributed by atoms with van der Waals surface area (Å²) in [5.74, 6) is -0.841. The van der Waals surface area contributed by atoms with Gasteiger partial charge in [0.25, 0.3) is 0 Å². The number of hydrogen-bond donors (Lipinski definition) is 1. The Kier molecular flexibility index (Phi) is 4.29. The fraction of sp³-hybridized carbons (Fsp3) is 0.471. The van der Waals surface area contributed by atoms with E-state index in [0.29, 0.717) is 0 Å². The number of thioether (sulfide) groups is 1. The number of benzene rings is 1. The fourth-order valence-electron chi connectivity index (χ4n) is 3.24. The van der Waals surface area contributed by atoms with Crippen molar-refractivity contribution in [3.8, 4) is 0 Å². The summed E-state index contributed by atoms with van der Waals surface area (Å²) in [4.78, 5) is 38.2. The Labute approximate surface area is 144 Å². The van der Waals surface area contributed by atoms with Crippen LogP contribution in [-0.2, 0) is 25.5 Å². The predicted octanol–water partition coefficient (Wildman–Crippen LogP) is 0.949. The highest BCUT2D eigenvalue weighted by Gasteiger charge is 2.64. The second-order valence-corrected chi connectivity index (χ2v) is 8.26. The van der Waals surface area contributed by atoms with Crippen molar-refractivity contribution in [3.63, 3.8) is 0 Å². The molecule has 1 aromatic rings. The fourth-order valence-corrected chi connectivity index (χ4v) is 4.86. The lowest BCUT2D eigenvalue weighted by molar-refractivity contribution is -0.162. The van der Waals surface area contributed by atoms with E-state index in [2.05, 4.69) is 5.32 Å². The Bertz CT molecular complexity index is 676. The maximum atomic E-state index is 12.4. The van der Waals surface area contributed by atoms with Gasteiger partial charge in [-0.3, -0.25) is 9.59 Å². The van der Waals surface area contributed by atoms with Crippen molar-refractivity contribution in [2.75, 3.05) is 7.11 Å². The Hall–Kier alpha value is -2.02. The molecule has 7 heteroatoms. The maximum absolute atomic E-state index is 12.4. The number of hydrogen-bond acceptors (Lipinski definition) is 5. The third-order valence-corrected chi connectivity index (χ3v) is 5.96. The molecule has 2 aliphatic rings. The van der Waals surface area contributed by atoms with Gasteiger partial charge in [0.15, 0.2) is 0 Å². The molecule has 2 aliphatic heterocycles. The number of nitrogens with one attached hydrogen (secondary N) is 1. The van der Waals surface area contributed by atoms with Crippen LogP contribution in [0.5, 0.6) is 0 Å². The van der Waals surface area contributed by atoms with E-state index in [-0.39, 0.29) is 23.6 Å². The topological polar surface area (TPSA) is 75.7 Å². The molecule has 3 rings (SSSR count). The van der Waals surface area contributed by atoms with E-state index >= 15 is 0 Å². The molecule has 2 fully saturated rings. The third kappa shape index (κ3) is 2.77. The van der Waals surface area contributed by atoms with Crippen molar-refractivity contribution in [2.45, 2.75) is 42.5 Å². The highest BCUT2D eigenvalue weighted by Crippen LogP contribution is 2.50. The van der Waals surface area contributed by atoms with E-state index in [1.807, 2.05) is 44.2 Å². The van der Waals surface area contributed by atoms with Gasteiger partial charge in [0.1, 0.15) is 17.5 Å². The molecule has 0 bridgehead atoms. The van der Waals surface area contributed by atoms with Gasteiger partial charge in [-0.05, 0) is 19.4 Å². The molecule has 1 N–H and O–H groups in total. The standard InChI is InChI=1S/C17H20N2O4S/c1-17(2)13(16(22)23-3)19-14(21)12(15(19)24-17)18-11(20)9-10-7-5-4-6-8-10/h4-8,12-13,15H,9H2,1-3H3,(H,18,20). The van der Waals surface area contributed by atoms with Crippen molar-refractivity contribution in [1.82, 2.24) is 10.2 Å². The summed E-state index contributed by atoms with van der Waals surface area (Å²) >= 11 is 1.52. The van der Waals surface area contributed by atoms with Crippen LogP contribution in [0.2, 0.25) is 0 Å². The summed E-state index contributed by atoms with van der Waals surface area (Å²) in [6.07, 6.45) is 0.228. The lowest BCUT2D eigenvalue weighted by atomic mass is 9.96. The van der Waals surface area contributed by atoms with E-state index in [0.717, 1.165) is 5.56 Å². The van der Waals surface area contributed by atoms with Crippen LogP contribution >= 0.6 is 11.8 Å². The number of β-lactam (4-membered cyclic amide) rings is 1. The van der Waals surface area contributed by atoms with E-state index in [1.165, 1.54) is 23.8 Å². The minimum atomic E-state index is -0.618. The number of rotatable bonds is 4. The molecule has 0 radical (unpaired) electrons. The molecule has 2 amide bonds. The van der Waals surface area contributed by atoms with Gasteiger partial charge in [0, 0.05) is 4.75 Å². The quantitative estimate of drug-likeness (QED) is 0.648. The van der Waals surface area contributed by atoms with Gasteiger partial charge in [0.05, 0.1) is 13.5 Å². The Morgan fingerprint density at radius 1 is 1.29 bits per heavy atom. The first-order chi connectivity index (χ1) is 11.3. The Balaban J connectivity index is 1.67. The van der Waals surface area contributed by atoms with Crippen molar-refractivity contribution in [2.24, 2.45) is 0 Å². The minimum absolute atomic E-state index is 0.195. The molecule has 2 saturated heterocycles. The number of amides is 2. The van der Waals surface area contributed by atoms with Crippen LogP contribution in [0.15, 0.2) is 30.3 Å². The molecule has 6 nitrogen and oxygen atoms in total. The molecule has 1 aromatic carbocycles. The van der Waals surface area contributed by atoms with Crippen LogP contribution in [-0.4, -0.2) is 52.0 Å². The average Bonchev–Trinajstić information content (AvgIpc) is 2.81. The summed E-state index contributed by atoms with van der Waals surface area (Å²) in [7, 11) is 1.32. The molecule has 3 unspecified atom stereocenters. The molecular weight excluding hydrogens is 328 g/mol. The first kappa shape index (κ1) is 16.8. The second kappa shape index (κ2) is 6.12. The highest BCUT2D eigenvalue weighted by atomic mass is 32.2. The number of methoxy groups -OCH3 is 1. The smallest absolute Gasteiger partial charge is 0.330 e. The summed E-state index contributed by atoms with van der Waals surface area (Å²) in [6.45, 7) is 3.82. The van der Waals surface area contributed by atoms with E-state index in [1.54, 1.807) is 0 Å². The largest absolute Gasteiger partial charge is 0.467 e. The van der Waals surface area contributed by atoms with Crippen molar-refractivity contribution in [1.29, 1.82) is 0 Å². The van der Waals surface area contributed by atoms with E-state index in [4.69, 9.17) is 4.74 Å². The van der Waals surface area contributed by atoms with Crippen molar-refractivity contribution < 1.29 is 19.1 Å². The third-order valence-electron chi connectivity index (χ3n) is 4.39. The van der Waals surface area contributed by atoms with E-state index in [9.17, 15) is 14.4 Å². The monoisotopic (exact) mass is 348 g/mol. The van der Waals surface area contributed by atoms with Gasteiger partial charge >= 0.3 is 5.97 Å². The number of nitrogens with zero attached hydrogens (tertiary/aromatic N) is 1. The first-order valence-corrected chi connectivity index (χ1v) is 8.64. The molecule has 0 aliphatic carbocycles. The Morgan fingerprint density at radius 3 is 2.58 bits per heavy atom. The maximum Gasteiger partial charge on any atom is 0.330 e. The number of carbonyl (C=O) groups is 3. The van der Waals surface area contributed by atoms with Crippen LogP contribution in [0.1, 0.15) is 19.4 Å². The summed E-state index contributed by atoms with van der Waals surface area (Å²) in [5, 5.41) is 2.57. The second-order valence-electron chi connectivity index (χ2n) is 6.49. The molecular formula is C17H20N2O4S. The zero-order chi connectivity index (χ0) is 17.5. The molecule has 0 spiro atoms. The zero-order valence-corrected chi connectivity index (χ0v) is 14.6.